The number of carbonyl (C=O) groups excluding carboxylic acids is 1. The van der Waals surface area contributed by atoms with Gasteiger partial charge in [0.1, 0.15) is 0 Å². The van der Waals surface area contributed by atoms with E-state index in [4.69, 9.17) is 9.73 Å². The third-order valence-corrected chi connectivity index (χ3v) is 6.21. The second kappa shape index (κ2) is 13.4. The lowest BCUT2D eigenvalue weighted by molar-refractivity contribution is 0.147. The number of thiophene rings is 1. The number of likely N-dealkylation sites (tertiary alicyclic amines) is 1. The summed E-state index contributed by atoms with van der Waals surface area (Å²) in [6, 6.07) is 2.70. The van der Waals surface area contributed by atoms with E-state index in [1.165, 1.54) is 5.56 Å². The highest BCUT2D eigenvalue weighted by Gasteiger charge is 2.32. The van der Waals surface area contributed by atoms with Gasteiger partial charge in [0.15, 0.2) is 5.96 Å². The number of ether oxygens (including phenoxy) is 1. The summed E-state index contributed by atoms with van der Waals surface area (Å²) < 4.78 is 5.04. The quantitative estimate of drug-likeness (QED) is 0.250. The molecule has 1 aliphatic carbocycles. The average molecular weight is 550 g/mol. The summed E-state index contributed by atoms with van der Waals surface area (Å²) in [5.74, 6) is 1.37. The van der Waals surface area contributed by atoms with Crippen molar-refractivity contribution in [1.82, 2.24) is 20.9 Å². The zero-order chi connectivity index (χ0) is 20.5. The van der Waals surface area contributed by atoms with E-state index in [-0.39, 0.29) is 36.1 Å². The van der Waals surface area contributed by atoms with Crippen LogP contribution < -0.4 is 16.0 Å². The molecule has 3 rings (SSSR count). The van der Waals surface area contributed by atoms with Gasteiger partial charge in [-0.3, -0.25) is 9.89 Å². The van der Waals surface area contributed by atoms with E-state index in [0.717, 1.165) is 57.8 Å². The molecule has 1 atom stereocenters. The van der Waals surface area contributed by atoms with E-state index in [1.54, 1.807) is 11.3 Å². The van der Waals surface area contributed by atoms with Crippen molar-refractivity contribution in [2.24, 2.45) is 10.9 Å². The molecule has 9 heteroatoms. The number of guanidine groups is 1. The Kier molecular flexibility index (Phi) is 11.2. The predicted molar refractivity (Wildman–Crippen MR) is 134 cm³/mol. The van der Waals surface area contributed by atoms with Crippen LogP contribution in [0, 0.1) is 5.92 Å². The Hall–Kier alpha value is -1.07. The minimum absolute atomic E-state index is 0. The van der Waals surface area contributed by atoms with Gasteiger partial charge in [-0.2, -0.15) is 11.3 Å². The Morgan fingerprint density at radius 2 is 2.07 bits per heavy atom. The molecule has 0 radical (unpaired) electrons. The summed E-state index contributed by atoms with van der Waals surface area (Å²) in [4.78, 5) is 19.1. The molecule has 1 saturated heterocycles. The molecule has 2 fully saturated rings. The first-order valence-electron chi connectivity index (χ1n) is 10.9. The molecule has 0 aromatic carbocycles. The SMILES string of the molecule is CCNC(=NCC(NC(=O)OCC)C1CC1)NC1CCN(Cc2ccsc2)CC1.I. The van der Waals surface area contributed by atoms with E-state index in [9.17, 15) is 4.79 Å². The first-order chi connectivity index (χ1) is 14.2. The fraction of sp³-hybridized carbons (Fsp3) is 0.714. The van der Waals surface area contributed by atoms with Crippen LogP contribution in [0.3, 0.4) is 0 Å². The van der Waals surface area contributed by atoms with Crippen molar-refractivity contribution in [3.05, 3.63) is 22.4 Å². The Bertz CT molecular complexity index is 646. The zero-order valence-electron chi connectivity index (χ0n) is 18.1. The maximum atomic E-state index is 11.8. The van der Waals surface area contributed by atoms with Gasteiger partial charge in [-0.05, 0) is 67.8 Å². The van der Waals surface area contributed by atoms with Gasteiger partial charge in [0.05, 0.1) is 19.2 Å². The summed E-state index contributed by atoms with van der Waals surface area (Å²) in [6.45, 7) is 8.94. The normalized spacial score (nSPS) is 18.9. The minimum Gasteiger partial charge on any atom is -0.450 e. The van der Waals surface area contributed by atoms with Crippen molar-refractivity contribution < 1.29 is 9.53 Å². The van der Waals surface area contributed by atoms with Crippen molar-refractivity contribution in [3.63, 3.8) is 0 Å². The summed E-state index contributed by atoms with van der Waals surface area (Å²) in [7, 11) is 0. The van der Waals surface area contributed by atoms with Crippen LogP contribution in [-0.4, -0.2) is 61.8 Å². The monoisotopic (exact) mass is 549 g/mol. The van der Waals surface area contributed by atoms with Gasteiger partial charge in [0.2, 0.25) is 0 Å². The minimum atomic E-state index is -0.337. The van der Waals surface area contributed by atoms with Crippen LogP contribution in [0.5, 0.6) is 0 Å². The number of nitrogens with one attached hydrogen (secondary N) is 3. The van der Waals surface area contributed by atoms with Crippen LogP contribution in [0.25, 0.3) is 0 Å². The van der Waals surface area contributed by atoms with Gasteiger partial charge in [-0.1, -0.05) is 0 Å². The van der Waals surface area contributed by atoms with Crippen molar-refractivity contribution in [2.75, 3.05) is 32.8 Å². The fourth-order valence-corrected chi connectivity index (χ4v) is 4.37. The Morgan fingerprint density at radius 1 is 1.30 bits per heavy atom. The first-order valence-corrected chi connectivity index (χ1v) is 11.8. The van der Waals surface area contributed by atoms with E-state index in [0.29, 0.717) is 25.1 Å². The fourth-order valence-electron chi connectivity index (χ4n) is 3.71. The van der Waals surface area contributed by atoms with E-state index in [1.807, 2.05) is 6.92 Å². The topological polar surface area (TPSA) is 78.0 Å². The summed E-state index contributed by atoms with van der Waals surface area (Å²) >= 11 is 1.77. The largest absolute Gasteiger partial charge is 0.450 e. The number of piperidine rings is 1. The lowest BCUT2D eigenvalue weighted by Gasteiger charge is -2.33. The summed E-state index contributed by atoms with van der Waals surface area (Å²) in [5.41, 5.74) is 1.41. The number of halogens is 1. The average Bonchev–Trinajstić information content (AvgIpc) is 3.43. The van der Waals surface area contributed by atoms with Crippen molar-refractivity contribution in [2.45, 2.75) is 58.2 Å². The van der Waals surface area contributed by atoms with E-state index >= 15 is 0 Å². The third-order valence-electron chi connectivity index (χ3n) is 5.47. The van der Waals surface area contributed by atoms with E-state index < -0.39 is 0 Å². The molecule has 1 aromatic rings. The standard InChI is InChI=1S/C21H35N5O2S.HI/c1-3-22-20(23-13-19(17-5-6-17)25-21(27)28-4-2)24-18-7-10-26(11-8-18)14-16-9-12-29-15-16;/h9,12,15,17-19H,3-8,10-11,13-14H2,1-2H3,(H,25,27)(H2,22,23,24);1H. The van der Waals surface area contributed by atoms with E-state index in [2.05, 4.69) is 44.6 Å². The number of hydrogen-bond donors (Lipinski definition) is 3. The molecule has 1 unspecified atom stereocenters. The smallest absolute Gasteiger partial charge is 0.407 e. The second-order valence-corrected chi connectivity index (χ2v) is 8.63. The van der Waals surface area contributed by atoms with Crippen LogP contribution in [0.4, 0.5) is 4.79 Å². The molecule has 1 aliphatic heterocycles. The lowest BCUT2D eigenvalue weighted by Crippen LogP contribution is -2.49. The maximum absolute atomic E-state index is 11.8. The number of rotatable bonds is 9. The number of hydrogen-bond acceptors (Lipinski definition) is 5. The highest BCUT2D eigenvalue weighted by molar-refractivity contribution is 14.0. The Morgan fingerprint density at radius 3 is 2.67 bits per heavy atom. The molecule has 170 valence electrons. The predicted octanol–water partition coefficient (Wildman–Crippen LogP) is 3.41. The highest BCUT2D eigenvalue weighted by atomic mass is 127. The Labute approximate surface area is 201 Å². The lowest BCUT2D eigenvalue weighted by atomic mass is 10.0. The number of amides is 1. The molecular formula is C21H36IN5O2S. The zero-order valence-corrected chi connectivity index (χ0v) is 21.2. The van der Waals surface area contributed by atoms with Gasteiger partial charge < -0.3 is 20.7 Å². The van der Waals surface area contributed by atoms with Crippen molar-refractivity contribution in [1.29, 1.82) is 0 Å². The van der Waals surface area contributed by atoms with Gasteiger partial charge in [0.25, 0.3) is 0 Å². The molecule has 0 bridgehead atoms. The van der Waals surface area contributed by atoms with Crippen LogP contribution in [-0.2, 0) is 11.3 Å². The summed E-state index contributed by atoms with van der Waals surface area (Å²) in [5, 5.41) is 14.3. The molecular weight excluding hydrogens is 513 g/mol. The van der Waals surface area contributed by atoms with Crippen LogP contribution >= 0.6 is 35.3 Å². The molecule has 2 aliphatic rings. The molecule has 1 saturated carbocycles. The number of nitrogens with zero attached hydrogens (tertiary/aromatic N) is 2. The first kappa shape index (κ1) is 25.2. The summed E-state index contributed by atoms with van der Waals surface area (Å²) in [6.07, 6.45) is 4.19. The van der Waals surface area contributed by atoms with Gasteiger partial charge >= 0.3 is 6.09 Å². The van der Waals surface area contributed by atoms with Crippen molar-refractivity contribution in [3.8, 4) is 0 Å². The molecule has 1 aromatic heterocycles. The number of aliphatic imine (C=N–C) groups is 1. The molecule has 3 N–H and O–H groups in total. The Balaban J connectivity index is 0.00000320. The van der Waals surface area contributed by atoms with Crippen molar-refractivity contribution >= 4 is 47.4 Å². The molecule has 0 spiro atoms. The molecule has 30 heavy (non-hydrogen) atoms. The molecule has 1 amide bonds. The second-order valence-electron chi connectivity index (χ2n) is 7.85. The number of alkyl carbamates (subject to hydrolysis) is 1. The van der Waals surface area contributed by atoms with Gasteiger partial charge in [0, 0.05) is 32.2 Å². The van der Waals surface area contributed by atoms with Crippen LogP contribution in [0.15, 0.2) is 21.8 Å². The van der Waals surface area contributed by atoms with Crippen LogP contribution in [0.2, 0.25) is 0 Å². The number of carbonyl (C=O) groups is 1. The maximum Gasteiger partial charge on any atom is 0.407 e. The van der Waals surface area contributed by atoms with Crippen LogP contribution in [0.1, 0.15) is 45.1 Å². The highest BCUT2D eigenvalue weighted by Crippen LogP contribution is 2.32. The molecule has 7 nitrogen and oxygen atoms in total. The molecule has 2 heterocycles. The third kappa shape index (κ3) is 8.58. The van der Waals surface area contributed by atoms with Gasteiger partial charge in [-0.15, -0.1) is 24.0 Å². The van der Waals surface area contributed by atoms with Gasteiger partial charge in [-0.25, -0.2) is 4.79 Å².